The summed E-state index contributed by atoms with van der Waals surface area (Å²) in [4.78, 5) is 4.10. The Morgan fingerprint density at radius 1 is 1.19 bits per heavy atom. The molecule has 0 atom stereocenters. The summed E-state index contributed by atoms with van der Waals surface area (Å²) in [5.41, 5.74) is 2.35. The zero-order chi connectivity index (χ0) is 15.5. The van der Waals surface area contributed by atoms with Crippen LogP contribution in [0, 0.1) is 6.92 Å². The van der Waals surface area contributed by atoms with Gasteiger partial charge in [-0.1, -0.05) is 6.07 Å². The molecular weight excluding hydrogens is 288 g/mol. The van der Waals surface area contributed by atoms with Crippen molar-refractivity contribution in [1.82, 2.24) is 9.29 Å². The molecule has 0 bridgehead atoms. The Morgan fingerprint density at radius 2 is 1.86 bits per heavy atom. The molecule has 21 heavy (non-hydrogen) atoms. The van der Waals surface area contributed by atoms with E-state index in [0.717, 1.165) is 11.1 Å². The van der Waals surface area contributed by atoms with Crippen LogP contribution in [0.3, 0.4) is 0 Å². The molecule has 0 amide bonds. The monoisotopic (exact) mass is 306 g/mol. The fourth-order valence-corrected chi connectivity index (χ4v) is 3.20. The molecule has 1 aromatic carbocycles. The van der Waals surface area contributed by atoms with Crippen molar-refractivity contribution in [3.63, 3.8) is 0 Å². The quantitative estimate of drug-likeness (QED) is 0.913. The van der Waals surface area contributed by atoms with Crippen molar-refractivity contribution in [2.24, 2.45) is 0 Å². The summed E-state index contributed by atoms with van der Waals surface area (Å²) >= 11 is 0. The van der Waals surface area contributed by atoms with Gasteiger partial charge in [0.25, 0.3) is 0 Å². The molecule has 1 heterocycles. The van der Waals surface area contributed by atoms with Crippen molar-refractivity contribution in [1.29, 1.82) is 0 Å². The second-order valence-electron chi connectivity index (χ2n) is 4.86. The van der Waals surface area contributed by atoms with Gasteiger partial charge in [-0.2, -0.15) is 4.31 Å². The van der Waals surface area contributed by atoms with Crippen LogP contribution in [0.15, 0.2) is 47.6 Å². The highest BCUT2D eigenvalue weighted by atomic mass is 32.2. The summed E-state index contributed by atoms with van der Waals surface area (Å²) in [6.07, 6.45) is 3.26. The maximum atomic E-state index is 12.5. The van der Waals surface area contributed by atoms with Gasteiger partial charge in [0.05, 0.1) is 11.5 Å². The van der Waals surface area contributed by atoms with Crippen molar-refractivity contribution >= 4 is 10.0 Å². The first kappa shape index (κ1) is 15.6. The van der Waals surface area contributed by atoms with E-state index in [2.05, 4.69) is 4.98 Å². The number of aliphatic hydroxyl groups excluding tert-OH is 1. The van der Waals surface area contributed by atoms with Crippen LogP contribution in [0.5, 0.6) is 0 Å². The number of sulfonamides is 1. The lowest BCUT2D eigenvalue weighted by molar-refractivity contribution is 0.280. The predicted octanol–water partition coefficient (Wildman–Crippen LogP) is 1.70. The second kappa shape index (κ2) is 6.34. The number of hydrogen-bond donors (Lipinski definition) is 1. The number of aliphatic hydroxyl groups is 1. The summed E-state index contributed by atoms with van der Waals surface area (Å²) in [6.45, 7) is 1.93. The van der Waals surface area contributed by atoms with E-state index in [9.17, 15) is 13.5 Å². The van der Waals surface area contributed by atoms with Gasteiger partial charge >= 0.3 is 0 Å². The number of aromatic nitrogens is 1. The molecule has 0 radical (unpaired) electrons. The third kappa shape index (κ3) is 3.47. The van der Waals surface area contributed by atoms with E-state index >= 15 is 0 Å². The Bertz CT molecular complexity index is 715. The number of hydrogen-bond acceptors (Lipinski definition) is 4. The van der Waals surface area contributed by atoms with E-state index in [-0.39, 0.29) is 18.0 Å². The van der Waals surface area contributed by atoms with E-state index in [1.165, 1.54) is 17.4 Å². The van der Waals surface area contributed by atoms with Crippen molar-refractivity contribution < 1.29 is 13.5 Å². The van der Waals surface area contributed by atoms with Crippen LogP contribution in [0.2, 0.25) is 0 Å². The van der Waals surface area contributed by atoms with Gasteiger partial charge in [0.1, 0.15) is 0 Å². The van der Waals surface area contributed by atoms with Crippen LogP contribution in [-0.4, -0.2) is 29.9 Å². The van der Waals surface area contributed by atoms with Crippen LogP contribution in [-0.2, 0) is 23.2 Å². The molecule has 112 valence electrons. The smallest absolute Gasteiger partial charge is 0.243 e. The number of aryl methyl sites for hydroxylation is 1. The van der Waals surface area contributed by atoms with Gasteiger partial charge in [0, 0.05) is 26.0 Å². The zero-order valence-electron chi connectivity index (χ0n) is 12.0. The molecule has 0 aliphatic carbocycles. The van der Waals surface area contributed by atoms with E-state index in [1.54, 1.807) is 36.7 Å². The van der Waals surface area contributed by atoms with Gasteiger partial charge in [-0.25, -0.2) is 8.42 Å². The largest absolute Gasteiger partial charge is 0.392 e. The molecule has 1 N–H and O–H groups in total. The fourth-order valence-electron chi connectivity index (χ4n) is 1.99. The Morgan fingerprint density at radius 3 is 2.48 bits per heavy atom. The molecular formula is C15H18N2O3S. The van der Waals surface area contributed by atoms with Crippen LogP contribution in [0.1, 0.15) is 16.7 Å². The molecule has 5 nitrogen and oxygen atoms in total. The maximum absolute atomic E-state index is 12.5. The Balaban J connectivity index is 2.29. The summed E-state index contributed by atoms with van der Waals surface area (Å²) < 4.78 is 26.4. The molecule has 0 aliphatic heterocycles. The number of pyridine rings is 1. The molecule has 2 aromatic rings. The van der Waals surface area contributed by atoms with E-state index in [0.29, 0.717) is 5.56 Å². The topological polar surface area (TPSA) is 70.5 Å². The van der Waals surface area contributed by atoms with Crippen LogP contribution in [0.25, 0.3) is 0 Å². The molecule has 2 rings (SSSR count). The predicted molar refractivity (Wildman–Crippen MR) is 80.0 cm³/mol. The van der Waals surface area contributed by atoms with Gasteiger partial charge in [-0.15, -0.1) is 0 Å². The van der Waals surface area contributed by atoms with Crippen molar-refractivity contribution in [3.05, 3.63) is 59.4 Å². The molecule has 0 saturated carbocycles. The van der Waals surface area contributed by atoms with Crippen molar-refractivity contribution in [3.8, 4) is 0 Å². The number of benzene rings is 1. The molecule has 6 heteroatoms. The summed E-state index contributed by atoms with van der Waals surface area (Å²) in [5, 5.41) is 9.27. The number of nitrogens with zero attached hydrogens (tertiary/aromatic N) is 2. The average Bonchev–Trinajstić information content (AvgIpc) is 2.48. The lowest BCUT2D eigenvalue weighted by Crippen LogP contribution is -2.26. The Kier molecular flexibility index (Phi) is 4.72. The zero-order valence-corrected chi connectivity index (χ0v) is 12.8. The average molecular weight is 306 g/mol. The van der Waals surface area contributed by atoms with Gasteiger partial charge in [-0.3, -0.25) is 4.98 Å². The molecule has 0 saturated heterocycles. The van der Waals surface area contributed by atoms with Crippen LogP contribution < -0.4 is 0 Å². The first-order chi connectivity index (χ1) is 9.95. The fraction of sp³-hybridized carbons (Fsp3) is 0.267. The van der Waals surface area contributed by atoms with E-state index < -0.39 is 10.0 Å². The minimum Gasteiger partial charge on any atom is -0.392 e. The molecule has 0 aliphatic rings. The summed E-state index contributed by atoms with van der Waals surface area (Å²) in [5.74, 6) is 0. The van der Waals surface area contributed by atoms with E-state index in [4.69, 9.17) is 0 Å². The van der Waals surface area contributed by atoms with Crippen LogP contribution in [0.4, 0.5) is 0 Å². The summed E-state index contributed by atoms with van der Waals surface area (Å²) in [6, 6.07) is 8.35. The lowest BCUT2D eigenvalue weighted by atomic mass is 10.1. The molecule has 1 aromatic heterocycles. The van der Waals surface area contributed by atoms with Crippen molar-refractivity contribution in [2.45, 2.75) is 25.0 Å². The first-order valence-electron chi connectivity index (χ1n) is 6.51. The Labute approximate surface area is 124 Å². The van der Waals surface area contributed by atoms with Crippen molar-refractivity contribution in [2.75, 3.05) is 7.05 Å². The molecule has 0 unspecified atom stereocenters. The highest BCUT2D eigenvalue weighted by Gasteiger charge is 2.21. The SMILES string of the molecule is Cc1ccc(S(=O)(=O)N(C)Cc2ccncc2)cc1CO. The standard InChI is InChI=1S/C15H18N2O3S/c1-12-3-4-15(9-14(12)11-18)21(19,20)17(2)10-13-5-7-16-8-6-13/h3-9,18H,10-11H2,1-2H3. The minimum atomic E-state index is -3.58. The van der Waals surface area contributed by atoms with Crippen LogP contribution >= 0.6 is 0 Å². The van der Waals surface area contributed by atoms with Gasteiger partial charge in [0.2, 0.25) is 10.0 Å². The first-order valence-corrected chi connectivity index (χ1v) is 7.95. The second-order valence-corrected chi connectivity index (χ2v) is 6.91. The maximum Gasteiger partial charge on any atom is 0.243 e. The minimum absolute atomic E-state index is 0.177. The molecule has 0 fully saturated rings. The highest BCUT2D eigenvalue weighted by molar-refractivity contribution is 7.89. The normalized spacial score (nSPS) is 11.8. The molecule has 0 spiro atoms. The lowest BCUT2D eigenvalue weighted by Gasteiger charge is -2.18. The third-order valence-corrected chi connectivity index (χ3v) is 5.15. The Hall–Kier alpha value is -1.76. The van der Waals surface area contributed by atoms with Gasteiger partial charge < -0.3 is 5.11 Å². The van der Waals surface area contributed by atoms with Gasteiger partial charge in [-0.05, 0) is 47.9 Å². The van der Waals surface area contributed by atoms with E-state index in [1.807, 2.05) is 6.92 Å². The third-order valence-electron chi connectivity index (χ3n) is 3.35. The highest BCUT2D eigenvalue weighted by Crippen LogP contribution is 2.20. The number of rotatable bonds is 5. The summed E-state index contributed by atoms with van der Waals surface area (Å²) in [7, 11) is -2.05. The van der Waals surface area contributed by atoms with Gasteiger partial charge in [0.15, 0.2) is 0 Å².